The second-order valence-corrected chi connectivity index (χ2v) is 6.73. The minimum absolute atomic E-state index is 0.172. The molecule has 2 heterocycles. The average molecular weight is 340 g/mol. The van der Waals surface area contributed by atoms with E-state index in [4.69, 9.17) is 5.73 Å². The lowest BCUT2D eigenvalue weighted by Gasteiger charge is -2.38. The van der Waals surface area contributed by atoms with Crippen molar-refractivity contribution in [1.29, 1.82) is 0 Å². The fourth-order valence-corrected chi connectivity index (χ4v) is 3.57. The number of halogens is 1. The predicted molar refractivity (Wildman–Crippen MR) is 81.8 cm³/mol. The molecule has 1 amide bonds. The van der Waals surface area contributed by atoms with Crippen molar-refractivity contribution in [3.63, 3.8) is 0 Å². The quantitative estimate of drug-likeness (QED) is 0.728. The Balaban J connectivity index is 1.96. The highest BCUT2D eigenvalue weighted by atomic mass is 79.9. The SMILES string of the molecule is CC1(O)CCCN(c2cc3c(cc2Br)C(N)C(=O)N3)C1. The molecule has 4 N–H and O–H groups in total. The number of anilines is 2. The first-order chi connectivity index (χ1) is 9.37. The molecular formula is C14H18BrN3O2. The lowest BCUT2D eigenvalue weighted by molar-refractivity contribution is -0.116. The molecule has 0 radical (unpaired) electrons. The second kappa shape index (κ2) is 4.72. The molecule has 108 valence electrons. The molecule has 2 aliphatic rings. The van der Waals surface area contributed by atoms with Gasteiger partial charge < -0.3 is 21.1 Å². The summed E-state index contributed by atoms with van der Waals surface area (Å²) in [5.41, 5.74) is 7.74. The van der Waals surface area contributed by atoms with Crippen LogP contribution in [0, 0.1) is 0 Å². The van der Waals surface area contributed by atoms with Crippen molar-refractivity contribution in [3.8, 4) is 0 Å². The van der Waals surface area contributed by atoms with Crippen LogP contribution in [0.2, 0.25) is 0 Å². The number of nitrogens with zero attached hydrogens (tertiary/aromatic N) is 1. The fraction of sp³-hybridized carbons (Fsp3) is 0.500. The fourth-order valence-electron chi connectivity index (χ4n) is 2.96. The number of hydrogen-bond acceptors (Lipinski definition) is 4. The zero-order valence-corrected chi connectivity index (χ0v) is 12.9. The Morgan fingerprint density at radius 3 is 3.00 bits per heavy atom. The topological polar surface area (TPSA) is 78.6 Å². The smallest absolute Gasteiger partial charge is 0.245 e. The second-order valence-electron chi connectivity index (χ2n) is 5.88. The molecule has 0 aliphatic carbocycles. The van der Waals surface area contributed by atoms with Gasteiger partial charge in [-0.3, -0.25) is 4.79 Å². The summed E-state index contributed by atoms with van der Waals surface area (Å²) in [5, 5.41) is 13.0. The standard InChI is InChI=1S/C14H18BrN3O2/c1-14(20)3-2-4-18(7-14)11-6-10-8(5-9(11)15)12(16)13(19)17-10/h5-6,12,20H,2-4,7,16H2,1H3,(H,17,19). The third-order valence-electron chi connectivity index (χ3n) is 4.01. The van der Waals surface area contributed by atoms with E-state index in [9.17, 15) is 9.90 Å². The molecule has 1 aromatic carbocycles. The van der Waals surface area contributed by atoms with E-state index in [1.165, 1.54) is 0 Å². The minimum Gasteiger partial charge on any atom is -0.388 e. The van der Waals surface area contributed by atoms with E-state index in [-0.39, 0.29) is 5.91 Å². The molecule has 6 heteroatoms. The Labute approximate surface area is 126 Å². The van der Waals surface area contributed by atoms with E-state index in [2.05, 4.69) is 26.1 Å². The lowest BCUT2D eigenvalue weighted by atomic mass is 9.94. The van der Waals surface area contributed by atoms with Crippen molar-refractivity contribution in [2.24, 2.45) is 5.73 Å². The number of benzene rings is 1. The lowest BCUT2D eigenvalue weighted by Crippen LogP contribution is -2.46. The number of amides is 1. The van der Waals surface area contributed by atoms with Gasteiger partial charge in [0.25, 0.3) is 0 Å². The monoisotopic (exact) mass is 339 g/mol. The highest BCUT2D eigenvalue weighted by Gasteiger charge is 2.32. The van der Waals surface area contributed by atoms with Crippen molar-refractivity contribution in [1.82, 2.24) is 0 Å². The molecule has 0 aromatic heterocycles. The Bertz CT molecular complexity index is 574. The van der Waals surface area contributed by atoms with Crippen LogP contribution in [0.15, 0.2) is 16.6 Å². The Morgan fingerprint density at radius 1 is 1.55 bits per heavy atom. The number of piperidine rings is 1. The number of nitrogens with one attached hydrogen (secondary N) is 1. The number of carbonyl (C=O) groups excluding carboxylic acids is 1. The van der Waals surface area contributed by atoms with Gasteiger partial charge in [-0.1, -0.05) is 0 Å². The van der Waals surface area contributed by atoms with Crippen molar-refractivity contribution in [3.05, 3.63) is 22.2 Å². The third-order valence-corrected chi connectivity index (χ3v) is 4.65. The molecule has 2 unspecified atom stereocenters. The summed E-state index contributed by atoms with van der Waals surface area (Å²) in [6, 6.07) is 3.24. The maximum Gasteiger partial charge on any atom is 0.245 e. The van der Waals surface area contributed by atoms with Gasteiger partial charge in [0.1, 0.15) is 6.04 Å². The molecular weight excluding hydrogens is 322 g/mol. The first-order valence-corrected chi connectivity index (χ1v) is 7.54. The molecule has 0 bridgehead atoms. The average Bonchev–Trinajstić information content (AvgIpc) is 2.63. The van der Waals surface area contributed by atoms with Crippen LogP contribution in [0.3, 0.4) is 0 Å². The molecule has 20 heavy (non-hydrogen) atoms. The summed E-state index contributed by atoms with van der Waals surface area (Å²) in [5.74, 6) is -0.172. The van der Waals surface area contributed by atoms with Gasteiger partial charge in [0.05, 0.1) is 11.3 Å². The Kier molecular flexibility index (Phi) is 3.27. The van der Waals surface area contributed by atoms with E-state index in [1.54, 1.807) is 0 Å². The van der Waals surface area contributed by atoms with Crippen LogP contribution in [0.4, 0.5) is 11.4 Å². The number of aliphatic hydroxyl groups is 1. The van der Waals surface area contributed by atoms with E-state index < -0.39 is 11.6 Å². The summed E-state index contributed by atoms with van der Waals surface area (Å²) in [6.07, 6.45) is 1.76. The van der Waals surface area contributed by atoms with Gasteiger partial charge in [0.15, 0.2) is 0 Å². The van der Waals surface area contributed by atoms with Gasteiger partial charge in [-0.25, -0.2) is 0 Å². The minimum atomic E-state index is -0.670. The first kappa shape index (κ1) is 13.9. The maximum atomic E-state index is 11.6. The highest BCUT2D eigenvalue weighted by Crippen LogP contribution is 2.39. The summed E-state index contributed by atoms with van der Waals surface area (Å²) < 4.78 is 0.904. The van der Waals surface area contributed by atoms with E-state index in [1.807, 2.05) is 19.1 Å². The number of nitrogens with two attached hydrogens (primary N) is 1. The molecule has 2 atom stereocenters. The van der Waals surface area contributed by atoms with Crippen LogP contribution >= 0.6 is 15.9 Å². The van der Waals surface area contributed by atoms with Gasteiger partial charge in [0, 0.05) is 28.8 Å². The zero-order chi connectivity index (χ0) is 14.5. The third kappa shape index (κ3) is 2.32. The van der Waals surface area contributed by atoms with Crippen LogP contribution in [-0.4, -0.2) is 29.7 Å². The number of carbonyl (C=O) groups is 1. The summed E-state index contributed by atoms with van der Waals surface area (Å²) in [4.78, 5) is 13.8. The van der Waals surface area contributed by atoms with Gasteiger partial charge >= 0.3 is 0 Å². The Hall–Kier alpha value is -1.11. The van der Waals surface area contributed by atoms with Crippen LogP contribution in [0.5, 0.6) is 0 Å². The van der Waals surface area contributed by atoms with Crippen molar-refractivity contribution >= 4 is 33.2 Å². The van der Waals surface area contributed by atoms with Crippen LogP contribution in [0.25, 0.3) is 0 Å². The summed E-state index contributed by atoms with van der Waals surface area (Å²) >= 11 is 3.55. The summed E-state index contributed by atoms with van der Waals surface area (Å²) in [7, 11) is 0. The molecule has 5 nitrogen and oxygen atoms in total. The van der Waals surface area contributed by atoms with Gasteiger partial charge in [-0.15, -0.1) is 0 Å². The normalized spacial score (nSPS) is 29.3. The molecule has 3 rings (SSSR count). The van der Waals surface area contributed by atoms with Gasteiger partial charge in [-0.05, 0) is 47.8 Å². The molecule has 1 fully saturated rings. The van der Waals surface area contributed by atoms with E-state index in [0.717, 1.165) is 40.8 Å². The molecule has 2 aliphatic heterocycles. The number of β-amino-alcohol motifs (C(OH)–C–C–N with tert-alkyl or cyclic N) is 1. The zero-order valence-electron chi connectivity index (χ0n) is 11.3. The van der Waals surface area contributed by atoms with Crippen molar-refractivity contribution in [2.75, 3.05) is 23.3 Å². The molecule has 1 saturated heterocycles. The van der Waals surface area contributed by atoms with Crippen LogP contribution in [-0.2, 0) is 4.79 Å². The number of rotatable bonds is 1. The van der Waals surface area contributed by atoms with Gasteiger partial charge in [-0.2, -0.15) is 0 Å². The van der Waals surface area contributed by atoms with Crippen LogP contribution < -0.4 is 16.0 Å². The highest BCUT2D eigenvalue weighted by molar-refractivity contribution is 9.10. The molecule has 1 aromatic rings. The van der Waals surface area contributed by atoms with E-state index >= 15 is 0 Å². The molecule has 0 saturated carbocycles. The predicted octanol–water partition coefficient (Wildman–Crippen LogP) is 1.75. The maximum absolute atomic E-state index is 11.6. The summed E-state index contributed by atoms with van der Waals surface area (Å²) in [6.45, 7) is 3.34. The van der Waals surface area contributed by atoms with Gasteiger partial charge in [0.2, 0.25) is 5.91 Å². The van der Waals surface area contributed by atoms with Crippen molar-refractivity contribution in [2.45, 2.75) is 31.4 Å². The van der Waals surface area contributed by atoms with Crippen LogP contribution in [0.1, 0.15) is 31.4 Å². The van der Waals surface area contributed by atoms with E-state index in [0.29, 0.717) is 6.54 Å². The first-order valence-electron chi connectivity index (χ1n) is 6.75. The number of fused-ring (bicyclic) bond motifs is 1. The Morgan fingerprint density at radius 2 is 2.30 bits per heavy atom. The number of hydrogen-bond donors (Lipinski definition) is 3. The molecule has 0 spiro atoms. The largest absolute Gasteiger partial charge is 0.388 e. The van der Waals surface area contributed by atoms with Crippen molar-refractivity contribution < 1.29 is 9.90 Å².